The second-order valence-electron chi connectivity index (χ2n) is 5.49. The van der Waals surface area contributed by atoms with E-state index in [4.69, 9.17) is 4.74 Å². The Balaban J connectivity index is 2.99. The molecule has 0 heterocycles. The SMILES string of the molecule is COC(=O)[C@@H](C(CC=O)C(C)C)[C@@H]1CCC=C1C. The highest BCUT2D eigenvalue weighted by atomic mass is 16.5. The minimum Gasteiger partial charge on any atom is -0.469 e. The molecule has 3 nitrogen and oxygen atoms in total. The predicted octanol–water partition coefficient (Wildman–Crippen LogP) is 2.99. The maximum absolute atomic E-state index is 12.1. The number of esters is 1. The first kappa shape index (κ1) is 14.9. The van der Waals surface area contributed by atoms with Crippen LogP contribution in [0.1, 0.15) is 40.0 Å². The number of hydrogen-bond donors (Lipinski definition) is 0. The van der Waals surface area contributed by atoms with E-state index in [-0.39, 0.29) is 23.7 Å². The summed E-state index contributed by atoms with van der Waals surface area (Å²) in [5.41, 5.74) is 1.27. The third-order valence-electron chi connectivity index (χ3n) is 4.12. The fourth-order valence-corrected chi connectivity index (χ4v) is 3.05. The molecule has 1 aliphatic rings. The molecule has 0 amide bonds. The summed E-state index contributed by atoms with van der Waals surface area (Å²) in [6.45, 7) is 6.21. The first-order chi connectivity index (χ1) is 8.52. The molecule has 18 heavy (non-hydrogen) atoms. The summed E-state index contributed by atoms with van der Waals surface area (Å²) in [4.78, 5) is 23.0. The number of rotatable bonds is 6. The molecule has 1 unspecified atom stereocenters. The van der Waals surface area contributed by atoms with E-state index in [2.05, 4.69) is 26.8 Å². The molecule has 0 aromatic carbocycles. The van der Waals surface area contributed by atoms with Crippen molar-refractivity contribution in [2.45, 2.75) is 40.0 Å². The molecular weight excluding hydrogens is 228 g/mol. The molecule has 0 aromatic heterocycles. The van der Waals surface area contributed by atoms with Gasteiger partial charge in [0, 0.05) is 6.42 Å². The quantitative estimate of drug-likeness (QED) is 0.414. The van der Waals surface area contributed by atoms with Crippen LogP contribution in [0.15, 0.2) is 11.6 Å². The molecule has 0 aromatic rings. The largest absolute Gasteiger partial charge is 0.469 e. The first-order valence-electron chi connectivity index (χ1n) is 6.71. The third kappa shape index (κ3) is 3.21. The Bertz CT molecular complexity index is 331. The van der Waals surface area contributed by atoms with Crippen LogP contribution >= 0.6 is 0 Å². The maximum Gasteiger partial charge on any atom is 0.309 e. The van der Waals surface area contributed by atoms with Gasteiger partial charge in [-0.25, -0.2) is 0 Å². The number of carbonyl (C=O) groups excluding carboxylic acids is 2. The van der Waals surface area contributed by atoms with Gasteiger partial charge >= 0.3 is 5.97 Å². The van der Waals surface area contributed by atoms with Crippen molar-refractivity contribution in [1.82, 2.24) is 0 Å². The molecule has 1 rings (SSSR count). The van der Waals surface area contributed by atoms with E-state index < -0.39 is 0 Å². The van der Waals surface area contributed by atoms with E-state index in [1.165, 1.54) is 12.7 Å². The van der Waals surface area contributed by atoms with Gasteiger partial charge in [0.1, 0.15) is 6.29 Å². The lowest BCUT2D eigenvalue weighted by molar-refractivity contribution is -0.150. The molecule has 0 radical (unpaired) electrons. The topological polar surface area (TPSA) is 43.4 Å². The van der Waals surface area contributed by atoms with Gasteiger partial charge in [-0.15, -0.1) is 0 Å². The average Bonchev–Trinajstić information content (AvgIpc) is 2.74. The fraction of sp³-hybridized carbons (Fsp3) is 0.733. The van der Waals surface area contributed by atoms with Crippen LogP contribution < -0.4 is 0 Å². The number of carbonyl (C=O) groups is 2. The number of hydrogen-bond acceptors (Lipinski definition) is 3. The second kappa shape index (κ2) is 6.72. The van der Waals surface area contributed by atoms with Crippen molar-refractivity contribution < 1.29 is 14.3 Å². The standard InChI is InChI=1S/C15H24O3/c1-10(2)12(8-9-16)14(15(17)18-4)13-7-5-6-11(13)3/h6,9-10,12-14H,5,7-8H2,1-4H3/t12?,13-,14+/m1/s1. The van der Waals surface area contributed by atoms with Crippen LogP contribution in [0.25, 0.3) is 0 Å². The van der Waals surface area contributed by atoms with Crippen molar-refractivity contribution in [3.05, 3.63) is 11.6 Å². The second-order valence-corrected chi connectivity index (χ2v) is 5.49. The first-order valence-corrected chi connectivity index (χ1v) is 6.71. The molecule has 0 aliphatic heterocycles. The molecule has 102 valence electrons. The molecule has 0 saturated heterocycles. The number of ether oxygens (including phenoxy) is 1. The number of methoxy groups -OCH3 is 1. The minimum atomic E-state index is -0.182. The molecule has 0 saturated carbocycles. The zero-order chi connectivity index (χ0) is 13.7. The van der Waals surface area contributed by atoms with Gasteiger partial charge in [-0.05, 0) is 37.5 Å². The van der Waals surface area contributed by atoms with E-state index in [9.17, 15) is 9.59 Å². The third-order valence-corrected chi connectivity index (χ3v) is 4.12. The summed E-state index contributed by atoms with van der Waals surface area (Å²) >= 11 is 0. The highest BCUT2D eigenvalue weighted by Gasteiger charge is 2.39. The molecular formula is C15H24O3. The summed E-state index contributed by atoms with van der Waals surface area (Å²) in [6, 6.07) is 0. The van der Waals surface area contributed by atoms with E-state index in [1.54, 1.807) is 0 Å². The zero-order valence-corrected chi connectivity index (χ0v) is 11.8. The van der Waals surface area contributed by atoms with E-state index in [1.807, 2.05) is 0 Å². The highest BCUT2D eigenvalue weighted by molar-refractivity contribution is 5.74. The van der Waals surface area contributed by atoms with Crippen LogP contribution in [-0.4, -0.2) is 19.4 Å². The molecule has 3 atom stereocenters. The summed E-state index contributed by atoms with van der Waals surface area (Å²) < 4.78 is 4.97. The van der Waals surface area contributed by atoms with Crippen LogP contribution in [0.4, 0.5) is 0 Å². The lowest BCUT2D eigenvalue weighted by Crippen LogP contribution is -2.34. The summed E-state index contributed by atoms with van der Waals surface area (Å²) in [7, 11) is 1.43. The van der Waals surface area contributed by atoms with Crippen LogP contribution in [-0.2, 0) is 14.3 Å². The number of aldehydes is 1. The van der Waals surface area contributed by atoms with Gasteiger partial charge in [0.25, 0.3) is 0 Å². The van der Waals surface area contributed by atoms with Gasteiger partial charge in [0.2, 0.25) is 0 Å². The Morgan fingerprint density at radius 1 is 1.56 bits per heavy atom. The van der Waals surface area contributed by atoms with Crippen molar-refractivity contribution in [2.24, 2.45) is 23.7 Å². The Morgan fingerprint density at radius 2 is 2.22 bits per heavy atom. The van der Waals surface area contributed by atoms with Gasteiger partial charge < -0.3 is 9.53 Å². The van der Waals surface area contributed by atoms with E-state index in [0.29, 0.717) is 12.3 Å². The minimum absolute atomic E-state index is 0.0707. The fourth-order valence-electron chi connectivity index (χ4n) is 3.05. The summed E-state index contributed by atoms with van der Waals surface area (Å²) in [6.07, 6.45) is 5.57. The lowest BCUT2D eigenvalue weighted by Gasteiger charge is -2.32. The maximum atomic E-state index is 12.1. The predicted molar refractivity (Wildman–Crippen MR) is 71.0 cm³/mol. The molecule has 1 aliphatic carbocycles. The molecule has 0 N–H and O–H groups in total. The summed E-state index contributed by atoms with van der Waals surface area (Å²) in [5.74, 6) is 0.257. The van der Waals surface area contributed by atoms with E-state index in [0.717, 1.165) is 19.1 Å². The molecule has 0 bridgehead atoms. The van der Waals surface area contributed by atoms with Gasteiger partial charge in [0.05, 0.1) is 13.0 Å². The van der Waals surface area contributed by atoms with Gasteiger partial charge in [0.15, 0.2) is 0 Å². The lowest BCUT2D eigenvalue weighted by atomic mass is 9.72. The molecule has 0 spiro atoms. The monoisotopic (exact) mass is 252 g/mol. The van der Waals surface area contributed by atoms with E-state index >= 15 is 0 Å². The van der Waals surface area contributed by atoms with Crippen molar-refractivity contribution in [3.63, 3.8) is 0 Å². The normalized spacial score (nSPS) is 22.5. The average molecular weight is 252 g/mol. The van der Waals surface area contributed by atoms with Crippen LogP contribution in [0.5, 0.6) is 0 Å². The van der Waals surface area contributed by atoms with Gasteiger partial charge in [-0.1, -0.05) is 25.5 Å². The van der Waals surface area contributed by atoms with Crippen molar-refractivity contribution >= 4 is 12.3 Å². The van der Waals surface area contributed by atoms with Crippen LogP contribution in [0, 0.1) is 23.7 Å². The van der Waals surface area contributed by atoms with Gasteiger partial charge in [-0.3, -0.25) is 4.79 Å². The Morgan fingerprint density at radius 3 is 2.61 bits per heavy atom. The van der Waals surface area contributed by atoms with Crippen LogP contribution in [0.2, 0.25) is 0 Å². The summed E-state index contributed by atoms with van der Waals surface area (Å²) in [5, 5.41) is 0. The molecule has 3 heteroatoms. The highest BCUT2D eigenvalue weighted by Crippen LogP contribution is 2.40. The van der Waals surface area contributed by atoms with Crippen LogP contribution in [0.3, 0.4) is 0 Å². The molecule has 0 fully saturated rings. The van der Waals surface area contributed by atoms with Gasteiger partial charge in [-0.2, -0.15) is 0 Å². The van der Waals surface area contributed by atoms with Crippen molar-refractivity contribution in [2.75, 3.05) is 7.11 Å². The van der Waals surface area contributed by atoms with Crippen molar-refractivity contribution in [1.29, 1.82) is 0 Å². The zero-order valence-electron chi connectivity index (χ0n) is 11.8. The Kier molecular flexibility index (Phi) is 5.57. The Labute approximate surface area is 110 Å². The number of allylic oxidation sites excluding steroid dienone is 2. The Hall–Kier alpha value is -1.12. The smallest absolute Gasteiger partial charge is 0.309 e. The van der Waals surface area contributed by atoms with Crippen molar-refractivity contribution in [3.8, 4) is 0 Å².